The molecule has 0 atom stereocenters. The Hall–Kier alpha value is -4.86. The smallest absolute Gasteiger partial charge is 0.407 e. The number of piperidine rings is 1. The van der Waals surface area contributed by atoms with Crippen molar-refractivity contribution >= 4 is 34.4 Å². The maximum Gasteiger partial charge on any atom is 0.407 e. The summed E-state index contributed by atoms with van der Waals surface area (Å²) in [6.45, 7) is 7.38. The third-order valence-electron chi connectivity index (χ3n) is 8.03. The van der Waals surface area contributed by atoms with Crippen LogP contribution in [-0.2, 0) is 9.53 Å². The van der Waals surface area contributed by atoms with E-state index in [-0.39, 0.29) is 11.7 Å². The van der Waals surface area contributed by atoms with Crippen LogP contribution in [0.5, 0.6) is 0 Å². The number of alkyl carbamates (subject to hydrolysis) is 1. The van der Waals surface area contributed by atoms with E-state index in [2.05, 4.69) is 15.2 Å². The number of nitrogens with one attached hydrogen (secondary N) is 1. The van der Waals surface area contributed by atoms with E-state index in [1.807, 2.05) is 57.2 Å². The molecule has 8 nitrogen and oxygen atoms in total. The SMILES string of the molecule is CN(CCCCNC(=O)OC(C)(C)C)C(=O)c1cccc(-c2ccc3ncc(-c4cc(F)cc(F)c4)c(N4CCC(=O)CC4)c3c2)c1. The second-order valence-electron chi connectivity index (χ2n) is 12.9. The summed E-state index contributed by atoms with van der Waals surface area (Å²) >= 11 is 0. The molecular weight excluding hydrogens is 602 g/mol. The molecule has 4 aromatic rings. The van der Waals surface area contributed by atoms with Gasteiger partial charge in [0.1, 0.15) is 23.0 Å². The number of ketones is 1. The maximum absolute atomic E-state index is 14.3. The van der Waals surface area contributed by atoms with Gasteiger partial charge in [-0.1, -0.05) is 18.2 Å². The molecule has 47 heavy (non-hydrogen) atoms. The highest BCUT2D eigenvalue weighted by atomic mass is 19.1. The quantitative estimate of drug-likeness (QED) is 0.192. The molecule has 1 aliphatic heterocycles. The Morgan fingerprint density at radius 1 is 0.936 bits per heavy atom. The molecule has 5 rings (SSSR count). The highest BCUT2D eigenvalue weighted by molar-refractivity contribution is 6.02. The van der Waals surface area contributed by atoms with Crippen molar-refractivity contribution in [1.82, 2.24) is 15.2 Å². The van der Waals surface area contributed by atoms with E-state index < -0.39 is 23.3 Å². The fourth-order valence-corrected chi connectivity index (χ4v) is 5.73. The molecule has 1 aromatic heterocycles. The molecule has 0 bridgehead atoms. The number of carbonyl (C=O) groups is 3. The van der Waals surface area contributed by atoms with Crippen LogP contribution in [0.25, 0.3) is 33.2 Å². The molecule has 0 aliphatic carbocycles. The Kier molecular flexibility index (Phi) is 10.2. The molecule has 0 unspecified atom stereocenters. The monoisotopic (exact) mass is 642 g/mol. The minimum absolute atomic E-state index is 0.122. The third kappa shape index (κ3) is 8.49. The second-order valence-corrected chi connectivity index (χ2v) is 12.9. The zero-order valence-electron chi connectivity index (χ0n) is 27.2. The lowest BCUT2D eigenvalue weighted by atomic mass is 9.96. The van der Waals surface area contributed by atoms with Gasteiger partial charge in [0, 0.05) is 74.8 Å². The predicted molar refractivity (Wildman–Crippen MR) is 179 cm³/mol. The number of unbranched alkanes of at least 4 members (excludes halogenated alkanes) is 1. The molecule has 2 heterocycles. The minimum atomic E-state index is -0.683. The first-order chi connectivity index (χ1) is 22.4. The van der Waals surface area contributed by atoms with Crippen molar-refractivity contribution < 1.29 is 27.9 Å². The van der Waals surface area contributed by atoms with Crippen LogP contribution >= 0.6 is 0 Å². The van der Waals surface area contributed by atoms with Crippen LogP contribution in [0.3, 0.4) is 0 Å². The number of amides is 2. The molecule has 3 aromatic carbocycles. The van der Waals surface area contributed by atoms with E-state index in [4.69, 9.17) is 4.74 Å². The highest BCUT2D eigenvalue weighted by Crippen LogP contribution is 2.39. The molecule has 0 radical (unpaired) electrons. The first kappa shape index (κ1) is 33.5. The van der Waals surface area contributed by atoms with Gasteiger partial charge in [0.05, 0.1) is 11.2 Å². The fraction of sp³-hybridized carbons (Fsp3) is 0.351. The lowest BCUT2D eigenvalue weighted by Crippen LogP contribution is -2.34. The summed E-state index contributed by atoms with van der Waals surface area (Å²) in [5.74, 6) is -1.30. The van der Waals surface area contributed by atoms with Gasteiger partial charge in [0.2, 0.25) is 0 Å². The summed E-state index contributed by atoms with van der Waals surface area (Å²) in [5.41, 5.74) is 4.07. The molecule has 1 saturated heterocycles. The van der Waals surface area contributed by atoms with E-state index >= 15 is 0 Å². The van der Waals surface area contributed by atoms with Gasteiger partial charge < -0.3 is 19.9 Å². The number of halogens is 2. The third-order valence-corrected chi connectivity index (χ3v) is 8.03. The van der Waals surface area contributed by atoms with E-state index in [0.29, 0.717) is 74.1 Å². The van der Waals surface area contributed by atoms with Crippen molar-refractivity contribution in [2.75, 3.05) is 38.1 Å². The van der Waals surface area contributed by atoms with Gasteiger partial charge in [-0.15, -0.1) is 0 Å². The summed E-state index contributed by atoms with van der Waals surface area (Å²) in [7, 11) is 1.75. The molecule has 246 valence electrons. The van der Waals surface area contributed by atoms with Crippen molar-refractivity contribution in [2.24, 2.45) is 0 Å². The molecule has 10 heteroatoms. The number of Topliss-reactive ketones (excluding diaryl/α,β-unsaturated/α-hetero) is 1. The van der Waals surface area contributed by atoms with Crippen molar-refractivity contribution in [3.8, 4) is 22.3 Å². The molecule has 1 fully saturated rings. The summed E-state index contributed by atoms with van der Waals surface area (Å²) in [4.78, 5) is 45.7. The van der Waals surface area contributed by atoms with Gasteiger partial charge in [-0.3, -0.25) is 14.6 Å². The maximum atomic E-state index is 14.3. The summed E-state index contributed by atoms with van der Waals surface area (Å²) in [6.07, 6.45) is 3.35. The average molecular weight is 643 g/mol. The molecule has 0 saturated carbocycles. The van der Waals surface area contributed by atoms with Gasteiger partial charge in [0.15, 0.2) is 0 Å². The Bertz CT molecular complexity index is 1770. The second kappa shape index (κ2) is 14.3. The zero-order chi connectivity index (χ0) is 33.7. The largest absolute Gasteiger partial charge is 0.444 e. The summed E-state index contributed by atoms with van der Waals surface area (Å²) in [6, 6.07) is 16.6. The number of hydrogen-bond acceptors (Lipinski definition) is 6. The Balaban J connectivity index is 1.38. The molecular formula is C37H40F2N4O4. The van der Waals surface area contributed by atoms with Crippen LogP contribution in [0, 0.1) is 11.6 Å². The van der Waals surface area contributed by atoms with Crippen LogP contribution in [0.4, 0.5) is 19.3 Å². The zero-order valence-corrected chi connectivity index (χ0v) is 27.2. The van der Waals surface area contributed by atoms with Crippen LogP contribution in [0.15, 0.2) is 66.9 Å². The molecule has 1 N–H and O–H groups in total. The van der Waals surface area contributed by atoms with Crippen molar-refractivity contribution in [3.05, 3.63) is 84.1 Å². The topological polar surface area (TPSA) is 91.8 Å². The van der Waals surface area contributed by atoms with Gasteiger partial charge in [-0.25, -0.2) is 13.6 Å². The van der Waals surface area contributed by atoms with E-state index in [9.17, 15) is 23.2 Å². The van der Waals surface area contributed by atoms with Crippen LogP contribution in [0.2, 0.25) is 0 Å². The van der Waals surface area contributed by atoms with E-state index in [0.717, 1.165) is 28.3 Å². The Morgan fingerprint density at radius 3 is 2.34 bits per heavy atom. The number of ether oxygens (including phenoxy) is 1. The number of fused-ring (bicyclic) bond motifs is 1. The van der Waals surface area contributed by atoms with Gasteiger partial charge >= 0.3 is 6.09 Å². The van der Waals surface area contributed by atoms with Gasteiger partial charge in [-0.05, 0) is 86.7 Å². The van der Waals surface area contributed by atoms with Crippen molar-refractivity contribution in [2.45, 2.75) is 52.1 Å². The number of pyridine rings is 1. The molecule has 2 amide bonds. The standard InChI is InChI=1S/C37H40F2N4O4/c1-37(2,3)47-36(46)40-14-5-6-15-42(4)35(45)26-9-7-8-24(18-26)25-10-11-33-31(21-25)34(43-16-12-30(44)13-17-43)32(23-41-33)27-19-28(38)22-29(39)20-27/h7-11,18-23H,5-6,12-17H2,1-4H3,(H,40,46). The molecule has 1 aliphatic rings. The highest BCUT2D eigenvalue weighted by Gasteiger charge is 2.23. The first-order valence-corrected chi connectivity index (χ1v) is 15.9. The Labute approximate surface area is 273 Å². The minimum Gasteiger partial charge on any atom is -0.444 e. The lowest BCUT2D eigenvalue weighted by Gasteiger charge is -2.31. The first-order valence-electron chi connectivity index (χ1n) is 15.9. The van der Waals surface area contributed by atoms with Crippen LogP contribution in [0.1, 0.15) is 56.8 Å². The van der Waals surface area contributed by atoms with Crippen LogP contribution in [-0.4, -0.2) is 66.5 Å². The number of anilines is 1. The fourth-order valence-electron chi connectivity index (χ4n) is 5.73. The number of rotatable bonds is 9. The Morgan fingerprint density at radius 2 is 1.64 bits per heavy atom. The van der Waals surface area contributed by atoms with E-state index in [1.165, 1.54) is 12.1 Å². The number of benzene rings is 3. The summed E-state index contributed by atoms with van der Waals surface area (Å²) in [5, 5.41) is 3.52. The number of nitrogens with zero attached hydrogens (tertiary/aromatic N) is 3. The lowest BCUT2D eigenvalue weighted by molar-refractivity contribution is -0.119. The van der Waals surface area contributed by atoms with E-state index in [1.54, 1.807) is 24.2 Å². The van der Waals surface area contributed by atoms with Gasteiger partial charge in [-0.2, -0.15) is 0 Å². The van der Waals surface area contributed by atoms with Crippen molar-refractivity contribution in [1.29, 1.82) is 0 Å². The van der Waals surface area contributed by atoms with Gasteiger partial charge in [0.25, 0.3) is 5.91 Å². The predicted octanol–water partition coefficient (Wildman–Crippen LogP) is 7.39. The summed E-state index contributed by atoms with van der Waals surface area (Å²) < 4.78 is 33.9. The average Bonchev–Trinajstić information content (AvgIpc) is 3.02. The van der Waals surface area contributed by atoms with Crippen molar-refractivity contribution in [3.63, 3.8) is 0 Å². The number of carbonyl (C=O) groups excluding carboxylic acids is 3. The number of hydrogen-bond donors (Lipinski definition) is 1. The van der Waals surface area contributed by atoms with Crippen LogP contribution < -0.4 is 10.2 Å². The normalized spacial score (nSPS) is 13.5. The number of aromatic nitrogens is 1. The molecule has 0 spiro atoms.